The van der Waals surface area contributed by atoms with Crippen LogP contribution in [0.2, 0.25) is 0 Å². The fourth-order valence-corrected chi connectivity index (χ4v) is 2.80. The number of aromatic nitrogens is 4. The number of aromatic amines is 1. The maximum absolute atomic E-state index is 6.37. The molecule has 7 heteroatoms. The molecule has 0 radical (unpaired) electrons. The monoisotopic (exact) mass is 251 g/mol. The van der Waals surface area contributed by atoms with Gasteiger partial charge in [0, 0.05) is 18.6 Å². The number of nitrogens with zero attached hydrogens (tertiary/aromatic N) is 3. The molecular formula is C10H13N5OS. The maximum Gasteiger partial charge on any atom is 0.145 e. The Hall–Kier alpha value is -1.31. The van der Waals surface area contributed by atoms with Crippen LogP contribution in [0, 0.1) is 0 Å². The molecule has 3 heterocycles. The van der Waals surface area contributed by atoms with Crippen LogP contribution in [0.4, 0.5) is 0 Å². The average molecular weight is 251 g/mol. The van der Waals surface area contributed by atoms with Crippen molar-refractivity contribution >= 4 is 11.3 Å². The smallest absolute Gasteiger partial charge is 0.145 e. The van der Waals surface area contributed by atoms with E-state index in [-0.39, 0.29) is 5.54 Å². The van der Waals surface area contributed by atoms with Gasteiger partial charge in [0.2, 0.25) is 0 Å². The molecular weight excluding hydrogens is 238 g/mol. The molecule has 0 saturated carbocycles. The van der Waals surface area contributed by atoms with Crippen molar-refractivity contribution in [2.24, 2.45) is 5.73 Å². The number of ether oxygens (including phenoxy) is 1. The van der Waals surface area contributed by atoms with E-state index in [2.05, 4.69) is 20.4 Å². The zero-order chi connectivity index (χ0) is 11.7. The Kier molecular flexibility index (Phi) is 2.65. The van der Waals surface area contributed by atoms with E-state index in [1.165, 1.54) is 0 Å². The minimum Gasteiger partial charge on any atom is -0.381 e. The molecule has 6 nitrogen and oxygen atoms in total. The van der Waals surface area contributed by atoms with E-state index in [0.717, 1.165) is 29.2 Å². The Labute approximate surface area is 102 Å². The third-order valence-corrected chi connectivity index (χ3v) is 3.90. The van der Waals surface area contributed by atoms with Gasteiger partial charge >= 0.3 is 0 Å². The van der Waals surface area contributed by atoms with Crippen LogP contribution in [-0.2, 0) is 10.3 Å². The van der Waals surface area contributed by atoms with Crippen LogP contribution in [0.1, 0.15) is 18.5 Å². The fraction of sp³-hybridized carbons (Fsp3) is 0.500. The lowest BCUT2D eigenvalue weighted by atomic mass is 9.88. The van der Waals surface area contributed by atoms with Crippen molar-refractivity contribution in [1.29, 1.82) is 0 Å². The van der Waals surface area contributed by atoms with E-state index < -0.39 is 0 Å². The first-order valence-electron chi connectivity index (χ1n) is 5.47. The van der Waals surface area contributed by atoms with Gasteiger partial charge in [-0.25, -0.2) is 4.98 Å². The molecule has 2 aromatic rings. The number of thiazole rings is 1. The molecule has 90 valence electrons. The summed E-state index contributed by atoms with van der Waals surface area (Å²) in [4.78, 5) is 4.56. The first-order valence-corrected chi connectivity index (χ1v) is 6.35. The van der Waals surface area contributed by atoms with E-state index in [9.17, 15) is 0 Å². The number of hydrogen-bond donors (Lipinski definition) is 2. The molecule has 3 N–H and O–H groups in total. The van der Waals surface area contributed by atoms with Crippen molar-refractivity contribution in [2.45, 2.75) is 18.4 Å². The maximum atomic E-state index is 6.37. The van der Waals surface area contributed by atoms with Gasteiger partial charge in [-0.2, -0.15) is 15.4 Å². The van der Waals surface area contributed by atoms with Crippen molar-refractivity contribution in [2.75, 3.05) is 13.2 Å². The van der Waals surface area contributed by atoms with E-state index >= 15 is 0 Å². The van der Waals surface area contributed by atoms with Crippen LogP contribution in [0.3, 0.4) is 0 Å². The Morgan fingerprint density at radius 3 is 2.94 bits per heavy atom. The van der Waals surface area contributed by atoms with Gasteiger partial charge in [-0.05, 0) is 12.8 Å². The third-order valence-electron chi connectivity index (χ3n) is 3.03. The summed E-state index contributed by atoms with van der Waals surface area (Å²) in [5, 5.41) is 13.2. The van der Waals surface area contributed by atoms with E-state index in [0.29, 0.717) is 13.2 Å². The summed E-state index contributed by atoms with van der Waals surface area (Å²) in [7, 11) is 0. The highest BCUT2D eigenvalue weighted by atomic mass is 32.1. The standard InChI is InChI=1S/C10H13N5OS/c11-10(1-3-16-4-2-10)8-6-17-9(13-8)7-5-12-15-14-7/h5-6H,1-4,11H2,(H,12,14,15). The predicted molar refractivity (Wildman–Crippen MR) is 63.4 cm³/mol. The fourth-order valence-electron chi connectivity index (χ4n) is 1.92. The zero-order valence-electron chi connectivity index (χ0n) is 9.22. The minimum absolute atomic E-state index is 0.350. The summed E-state index contributed by atoms with van der Waals surface area (Å²) in [5.74, 6) is 0. The highest BCUT2D eigenvalue weighted by molar-refractivity contribution is 7.13. The van der Waals surface area contributed by atoms with Crippen LogP contribution in [0.15, 0.2) is 11.6 Å². The van der Waals surface area contributed by atoms with Gasteiger partial charge in [-0.15, -0.1) is 11.3 Å². The molecule has 0 aromatic carbocycles. The van der Waals surface area contributed by atoms with Gasteiger partial charge in [-0.3, -0.25) is 0 Å². The molecule has 0 atom stereocenters. The van der Waals surface area contributed by atoms with Crippen LogP contribution in [0.5, 0.6) is 0 Å². The third kappa shape index (κ3) is 1.97. The topological polar surface area (TPSA) is 89.7 Å². The van der Waals surface area contributed by atoms with Crippen molar-refractivity contribution in [3.63, 3.8) is 0 Å². The van der Waals surface area contributed by atoms with Crippen molar-refractivity contribution in [3.8, 4) is 10.7 Å². The van der Waals surface area contributed by atoms with E-state index in [1.54, 1.807) is 17.5 Å². The lowest BCUT2D eigenvalue weighted by Gasteiger charge is -2.31. The Balaban J connectivity index is 1.89. The molecule has 2 aromatic heterocycles. The SMILES string of the molecule is NC1(c2csc(-c3cn[nH]n3)n2)CCOCC1. The normalized spacial score (nSPS) is 19.4. The molecule has 17 heavy (non-hydrogen) atoms. The molecule has 1 saturated heterocycles. The summed E-state index contributed by atoms with van der Waals surface area (Å²) in [6.45, 7) is 1.40. The van der Waals surface area contributed by atoms with Gasteiger partial charge in [-0.1, -0.05) is 0 Å². The number of nitrogens with one attached hydrogen (secondary N) is 1. The molecule has 3 rings (SSSR count). The van der Waals surface area contributed by atoms with Crippen LogP contribution in [-0.4, -0.2) is 33.6 Å². The molecule has 0 amide bonds. The Morgan fingerprint density at radius 2 is 2.24 bits per heavy atom. The molecule has 1 aliphatic heterocycles. The summed E-state index contributed by atoms with van der Waals surface area (Å²) in [6, 6.07) is 0. The van der Waals surface area contributed by atoms with Crippen molar-refractivity contribution < 1.29 is 4.74 Å². The van der Waals surface area contributed by atoms with E-state index in [1.807, 2.05) is 5.38 Å². The molecule has 0 aliphatic carbocycles. The number of H-pyrrole nitrogens is 1. The van der Waals surface area contributed by atoms with Crippen molar-refractivity contribution in [3.05, 3.63) is 17.3 Å². The Morgan fingerprint density at radius 1 is 1.41 bits per heavy atom. The highest BCUT2D eigenvalue weighted by Crippen LogP contribution is 2.32. The zero-order valence-corrected chi connectivity index (χ0v) is 10.0. The molecule has 1 fully saturated rings. The second kappa shape index (κ2) is 4.17. The minimum atomic E-state index is -0.350. The highest BCUT2D eigenvalue weighted by Gasteiger charge is 2.32. The van der Waals surface area contributed by atoms with Gasteiger partial charge in [0.15, 0.2) is 0 Å². The predicted octanol–water partition coefficient (Wildman–Crippen LogP) is 0.893. The number of nitrogens with two attached hydrogens (primary N) is 1. The molecule has 0 unspecified atom stereocenters. The summed E-state index contributed by atoms with van der Waals surface area (Å²) in [5.41, 5.74) is 7.71. The first kappa shape index (κ1) is 10.8. The van der Waals surface area contributed by atoms with Crippen LogP contribution in [0.25, 0.3) is 10.7 Å². The molecule has 1 aliphatic rings. The largest absolute Gasteiger partial charge is 0.381 e. The second-order valence-corrected chi connectivity index (χ2v) is 5.02. The summed E-state index contributed by atoms with van der Waals surface area (Å²) in [6.07, 6.45) is 3.29. The quantitative estimate of drug-likeness (QED) is 0.827. The lowest BCUT2D eigenvalue weighted by molar-refractivity contribution is 0.0510. The molecule has 0 bridgehead atoms. The second-order valence-electron chi connectivity index (χ2n) is 4.16. The van der Waals surface area contributed by atoms with Gasteiger partial charge in [0.1, 0.15) is 10.7 Å². The van der Waals surface area contributed by atoms with Gasteiger partial charge < -0.3 is 10.5 Å². The van der Waals surface area contributed by atoms with Crippen LogP contribution < -0.4 is 5.73 Å². The average Bonchev–Trinajstić information content (AvgIpc) is 3.01. The van der Waals surface area contributed by atoms with E-state index in [4.69, 9.17) is 10.5 Å². The molecule has 0 spiro atoms. The number of rotatable bonds is 2. The first-order chi connectivity index (χ1) is 8.28. The van der Waals surface area contributed by atoms with Crippen molar-refractivity contribution in [1.82, 2.24) is 20.4 Å². The Bertz CT molecular complexity index is 489. The number of hydrogen-bond acceptors (Lipinski definition) is 6. The van der Waals surface area contributed by atoms with Gasteiger partial charge in [0.25, 0.3) is 0 Å². The van der Waals surface area contributed by atoms with Crippen LogP contribution >= 0.6 is 11.3 Å². The summed E-state index contributed by atoms with van der Waals surface area (Å²) < 4.78 is 5.33. The summed E-state index contributed by atoms with van der Waals surface area (Å²) >= 11 is 1.55. The lowest BCUT2D eigenvalue weighted by Crippen LogP contribution is -2.42. The van der Waals surface area contributed by atoms with Gasteiger partial charge in [0.05, 0.1) is 17.4 Å².